The van der Waals surface area contributed by atoms with Crippen LogP contribution in [0.2, 0.25) is 0 Å². The summed E-state index contributed by atoms with van der Waals surface area (Å²) in [4.78, 5) is 0. The Bertz CT molecular complexity index is 776. The third-order valence-corrected chi connectivity index (χ3v) is 6.19. The van der Waals surface area contributed by atoms with E-state index in [1.165, 1.54) is 28.7 Å². The molecule has 0 N–H and O–H groups in total. The van der Waals surface area contributed by atoms with E-state index in [1.54, 1.807) is 0 Å². The molecule has 0 nitrogen and oxygen atoms in total. The largest absolute Gasteiger partial charge is 0.0758 e. The van der Waals surface area contributed by atoms with Crippen LogP contribution in [0.1, 0.15) is 68.2 Å². The molecular weight excluding hydrogens is 300 g/mol. The van der Waals surface area contributed by atoms with Crippen LogP contribution in [-0.4, -0.2) is 0 Å². The van der Waals surface area contributed by atoms with Gasteiger partial charge < -0.3 is 0 Å². The Balaban J connectivity index is 1.61. The molecule has 2 atom stereocenters. The Morgan fingerprint density at radius 2 is 1.04 bits per heavy atom. The first-order valence-electron chi connectivity index (χ1n) is 9.43. The van der Waals surface area contributed by atoms with Crippen molar-refractivity contribution in [1.82, 2.24) is 0 Å². The van der Waals surface area contributed by atoms with E-state index >= 15 is 0 Å². The van der Waals surface area contributed by atoms with Crippen LogP contribution in [-0.2, 0) is 0 Å². The summed E-state index contributed by atoms with van der Waals surface area (Å²) >= 11 is 0. The van der Waals surface area contributed by atoms with Gasteiger partial charge in [-0.25, -0.2) is 0 Å². The van der Waals surface area contributed by atoms with Crippen molar-refractivity contribution in [2.45, 2.75) is 46.0 Å². The highest BCUT2D eigenvalue weighted by Gasteiger charge is 2.41. The molecular formula is C25H28. The summed E-state index contributed by atoms with van der Waals surface area (Å²) in [6, 6.07) is 17.7. The lowest BCUT2D eigenvalue weighted by molar-refractivity contribution is 0.163. The van der Waals surface area contributed by atoms with E-state index in [0.717, 1.165) is 0 Å². The van der Waals surface area contributed by atoms with Crippen molar-refractivity contribution in [3.05, 3.63) is 82.9 Å². The second-order valence-corrected chi connectivity index (χ2v) is 9.09. The monoisotopic (exact) mass is 328 g/mol. The molecule has 0 saturated carbocycles. The lowest BCUT2D eigenvalue weighted by Gasteiger charge is -2.42. The number of benzene rings is 2. The first kappa shape index (κ1) is 16.4. The van der Waals surface area contributed by atoms with Crippen molar-refractivity contribution in [2.75, 3.05) is 0 Å². The maximum Gasteiger partial charge on any atom is 0.00786 e. The average molecular weight is 328 g/mol. The van der Waals surface area contributed by atoms with Crippen molar-refractivity contribution in [3.8, 4) is 0 Å². The fourth-order valence-corrected chi connectivity index (χ4v) is 5.26. The summed E-state index contributed by atoms with van der Waals surface area (Å²) in [5, 5.41) is 0. The molecule has 2 aromatic rings. The Kier molecular flexibility index (Phi) is 3.76. The fourth-order valence-electron chi connectivity index (χ4n) is 5.26. The molecule has 0 spiro atoms. The standard InChI is InChI=1S/C25H28/c1-24(2,22-15-13-18-9-5-7-11-20(18)22)17-25(3,4)23-16-14-19-10-6-8-12-21(19)23/h5-16,22-23H,17H2,1-4H3. The van der Waals surface area contributed by atoms with Gasteiger partial charge in [-0.05, 0) is 39.5 Å². The smallest absolute Gasteiger partial charge is 0.00786 e. The molecule has 0 heterocycles. The van der Waals surface area contributed by atoms with Crippen LogP contribution in [0, 0.1) is 10.8 Å². The molecule has 0 bridgehead atoms. The lowest BCUT2D eigenvalue weighted by atomic mass is 9.62. The summed E-state index contributed by atoms with van der Waals surface area (Å²) in [6.45, 7) is 9.76. The van der Waals surface area contributed by atoms with Crippen LogP contribution in [0.4, 0.5) is 0 Å². The first-order valence-corrected chi connectivity index (χ1v) is 9.43. The quantitative estimate of drug-likeness (QED) is 0.564. The second-order valence-electron chi connectivity index (χ2n) is 9.09. The first-order chi connectivity index (χ1) is 11.9. The molecule has 2 aliphatic rings. The number of allylic oxidation sites excluding steroid dienone is 2. The molecule has 0 saturated heterocycles. The van der Waals surface area contributed by atoms with Gasteiger partial charge in [-0.15, -0.1) is 0 Å². The molecule has 128 valence electrons. The Morgan fingerprint density at radius 1 is 0.640 bits per heavy atom. The third-order valence-electron chi connectivity index (χ3n) is 6.19. The zero-order valence-electron chi connectivity index (χ0n) is 15.8. The van der Waals surface area contributed by atoms with Crippen LogP contribution in [0.25, 0.3) is 12.2 Å². The van der Waals surface area contributed by atoms with Gasteiger partial charge in [0.2, 0.25) is 0 Å². The number of hydrogen-bond acceptors (Lipinski definition) is 0. The van der Waals surface area contributed by atoms with E-state index in [0.29, 0.717) is 11.8 Å². The lowest BCUT2D eigenvalue weighted by Crippen LogP contribution is -2.31. The molecule has 2 aliphatic carbocycles. The predicted octanol–water partition coefficient (Wildman–Crippen LogP) is 7.05. The van der Waals surface area contributed by atoms with Crippen molar-refractivity contribution >= 4 is 12.2 Å². The highest BCUT2D eigenvalue weighted by Crippen LogP contribution is 2.53. The fraction of sp³-hybridized carbons (Fsp3) is 0.360. The van der Waals surface area contributed by atoms with Crippen LogP contribution >= 0.6 is 0 Å². The van der Waals surface area contributed by atoms with Gasteiger partial charge in [-0.3, -0.25) is 0 Å². The normalized spacial score (nSPS) is 21.4. The van der Waals surface area contributed by atoms with Crippen LogP contribution < -0.4 is 0 Å². The molecule has 0 aromatic heterocycles. The van der Waals surface area contributed by atoms with Gasteiger partial charge in [-0.1, -0.05) is 101 Å². The summed E-state index contributed by atoms with van der Waals surface area (Å²) in [7, 11) is 0. The summed E-state index contributed by atoms with van der Waals surface area (Å²) in [5.74, 6) is 1.01. The molecule has 0 amide bonds. The van der Waals surface area contributed by atoms with Crippen molar-refractivity contribution in [3.63, 3.8) is 0 Å². The second kappa shape index (κ2) is 5.73. The molecule has 0 heteroatoms. The maximum atomic E-state index is 2.44. The SMILES string of the molecule is CC(C)(CC(C)(C)C1C=Cc2ccccc21)C1C=Cc2ccccc21. The molecule has 0 fully saturated rings. The van der Waals surface area contributed by atoms with Gasteiger partial charge in [0.15, 0.2) is 0 Å². The van der Waals surface area contributed by atoms with Gasteiger partial charge in [0.1, 0.15) is 0 Å². The minimum absolute atomic E-state index is 0.220. The van der Waals surface area contributed by atoms with E-state index < -0.39 is 0 Å². The molecule has 2 unspecified atom stereocenters. The predicted molar refractivity (Wildman–Crippen MR) is 109 cm³/mol. The van der Waals surface area contributed by atoms with Crippen LogP contribution in [0.3, 0.4) is 0 Å². The third kappa shape index (κ3) is 2.78. The van der Waals surface area contributed by atoms with Crippen LogP contribution in [0.5, 0.6) is 0 Å². The molecule has 0 radical (unpaired) electrons. The van der Waals surface area contributed by atoms with Gasteiger partial charge in [0, 0.05) is 11.8 Å². The molecule has 2 aromatic carbocycles. The van der Waals surface area contributed by atoms with Gasteiger partial charge in [0.05, 0.1) is 0 Å². The number of fused-ring (bicyclic) bond motifs is 2. The number of rotatable bonds is 4. The van der Waals surface area contributed by atoms with Crippen LogP contribution in [0.15, 0.2) is 60.7 Å². The summed E-state index contributed by atoms with van der Waals surface area (Å²) < 4.78 is 0. The topological polar surface area (TPSA) is 0 Å². The molecule has 25 heavy (non-hydrogen) atoms. The number of hydrogen-bond donors (Lipinski definition) is 0. The van der Waals surface area contributed by atoms with E-state index in [2.05, 4.69) is 101 Å². The van der Waals surface area contributed by atoms with Gasteiger partial charge >= 0.3 is 0 Å². The minimum Gasteiger partial charge on any atom is -0.0758 e. The Hall–Kier alpha value is -2.08. The van der Waals surface area contributed by atoms with Gasteiger partial charge in [-0.2, -0.15) is 0 Å². The van der Waals surface area contributed by atoms with E-state index in [1.807, 2.05) is 0 Å². The van der Waals surface area contributed by atoms with Crippen molar-refractivity contribution in [1.29, 1.82) is 0 Å². The highest BCUT2D eigenvalue weighted by molar-refractivity contribution is 5.64. The zero-order chi connectivity index (χ0) is 17.7. The molecule has 0 aliphatic heterocycles. The highest BCUT2D eigenvalue weighted by atomic mass is 14.4. The minimum atomic E-state index is 0.220. The molecule has 4 rings (SSSR count). The van der Waals surface area contributed by atoms with Crippen molar-refractivity contribution in [2.24, 2.45) is 10.8 Å². The summed E-state index contributed by atoms with van der Waals surface area (Å²) in [5.41, 5.74) is 6.21. The van der Waals surface area contributed by atoms with E-state index in [9.17, 15) is 0 Å². The average Bonchev–Trinajstić information content (AvgIpc) is 3.18. The van der Waals surface area contributed by atoms with Gasteiger partial charge in [0.25, 0.3) is 0 Å². The maximum absolute atomic E-state index is 2.44. The van der Waals surface area contributed by atoms with Crippen molar-refractivity contribution < 1.29 is 0 Å². The van der Waals surface area contributed by atoms with E-state index in [-0.39, 0.29) is 10.8 Å². The zero-order valence-corrected chi connectivity index (χ0v) is 15.8. The Labute approximate surface area is 152 Å². The summed E-state index contributed by atoms with van der Waals surface area (Å²) in [6.07, 6.45) is 10.6. The Morgan fingerprint density at radius 3 is 1.48 bits per heavy atom. The van der Waals surface area contributed by atoms with E-state index in [4.69, 9.17) is 0 Å².